The number of anilines is 2. The van der Waals surface area contributed by atoms with Crippen molar-refractivity contribution in [1.29, 1.82) is 0 Å². The van der Waals surface area contributed by atoms with Gasteiger partial charge in [0.25, 0.3) is 0 Å². The number of halogens is 2. The highest BCUT2D eigenvalue weighted by molar-refractivity contribution is 9.10. The van der Waals surface area contributed by atoms with Crippen LogP contribution < -0.4 is 5.32 Å². The smallest absolute Gasteiger partial charge is 0.135 e. The molecule has 0 fully saturated rings. The fraction of sp³-hybridized carbons (Fsp3) is 0.133. The molecule has 6 heteroatoms. The molecule has 0 unspecified atom stereocenters. The number of nitrogens with zero attached hydrogens (tertiary/aromatic N) is 3. The van der Waals surface area contributed by atoms with E-state index in [9.17, 15) is 0 Å². The van der Waals surface area contributed by atoms with E-state index in [1.165, 1.54) is 0 Å². The Morgan fingerprint density at radius 2 is 2.00 bits per heavy atom. The Bertz CT molecular complexity index is 805. The molecule has 21 heavy (non-hydrogen) atoms. The zero-order valence-corrected chi connectivity index (χ0v) is 14.4. The SMILES string of the molecule is CCc1nc(Br)cc(Nc2cccc3cc(Br)cnc23)n1. The van der Waals surface area contributed by atoms with Gasteiger partial charge in [0.1, 0.15) is 16.2 Å². The molecule has 0 saturated carbocycles. The van der Waals surface area contributed by atoms with Crippen LogP contribution in [0.15, 0.2) is 45.6 Å². The van der Waals surface area contributed by atoms with Gasteiger partial charge >= 0.3 is 0 Å². The topological polar surface area (TPSA) is 50.7 Å². The van der Waals surface area contributed by atoms with Crippen molar-refractivity contribution >= 4 is 54.3 Å². The molecule has 0 bridgehead atoms. The molecule has 0 aliphatic carbocycles. The molecule has 106 valence electrons. The van der Waals surface area contributed by atoms with Crippen LogP contribution in [0, 0.1) is 0 Å². The minimum atomic E-state index is 0.756. The first-order valence-electron chi connectivity index (χ1n) is 6.50. The van der Waals surface area contributed by atoms with Gasteiger partial charge in [-0.1, -0.05) is 19.1 Å². The van der Waals surface area contributed by atoms with E-state index in [1.54, 1.807) is 6.20 Å². The molecule has 1 N–H and O–H groups in total. The lowest BCUT2D eigenvalue weighted by Crippen LogP contribution is -2.00. The molecule has 0 aliphatic heterocycles. The largest absolute Gasteiger partial charge is 0.338 e. The molecule has 4 nitrogen and oxygen atoms in total. The number of fused-ring (bicyclic) bond motifs is 1. The predicted octanol–water partition coefficient (Wildman–Crippen LogP) is 4.86. The van der Waals surface area contributed by atoms with Crippen molar-refractivity contribution in [3.63, 3.8) is 0 Å². The van der Waals surface area contributed by atoms with Crippen molar-refractivity contribution in [2.24, 2.45) is 0 Å². The Morgan fingerprint density at radius 1 is 1.14 bits per heavy atom. The van der Waals surface area contributed by atoms with E-state index < -0.39 is 0 Å². The van der Waals surface area contributed by atoms with Gasteiger partial charge in [-0.05, 0) is 44.0 Å². The summed E-state index contributed by atoms with van der Waals surface area (Å²) in [5.41, 5.74) is 1.83. The van der Waals surface area contributed by atoms with Crippen LogP contribution in [0.25, 0.3) is 10.9 Å². The second-order valence-corrected chi connectivity index (χ2v) is 6.23. The van der Waals surface area contributed by atoms with Crippen LogP contribution >= 0.6 is 31.9 Å². The van der Waals surface area contributed by atoms with Crippen LogP contribution in [0.5, 0.6) is 0 Å². The molecule has 3 aromatic rings. The molecule has 2 heterocycles. The first kappa shape index (κ1) is 14.4. The maximum absolute atomic E-state index is 4.48. The zero-order chi connectivity index (χ0) is 14.8. The van der Waals surface area contributed by atoms with Gasteiger partial charge < -0.3 is 5.32 Å². The first-order valence-corrected chi connectivity index (χ1v) is 8.09. The quantitative estimate of drug-likeness (QED) is 0.630. The number of hydrogen-bond donors (Lipinski definition) is 1. The fourth-order valence-electron chi connectivity index (χ4n) is 2.06. The molecule has 0 atom stereocenters. The highest BCUT2D eigenvalue weighted by Gasteiger charge is 2.06. The van der Waals surface area contributed by atoms with Crippen molar-refractivity contribution in [2.75, 3.05) is 5.32 Å². The summed E-state index contributed by atoms with van der Waals surface area (Å²) in [6, 6.07) is 9.92. The molecule has 0 amide bonds. The number of benzene rings is 1. The summed E-state index contributed by atoms with van der Waals surface area (Å²) in [6.45, 7) is 2.03. The van der Waals surface area contributed by atoms with Gasteiger partial charge in [0.05, 0.1) is 11.2 Å². The lowest BCUT2D eigenvalue weighted by Gasteiger charge is -2.10. The zero-order valence-electron chi connectivity index (χ0n) is 11.3. The summed E-state index contributed by atoms with van der Waals surface area (Å²) in [5, 5.41) is 4.39. The Kier molecular flexibility index (Phi) is 4.17. The van der Waals surface area contributed by atoms with Crippen LogP contribution in [-0.2, 0) is 6.42 Å². The molecular formula is C15H12Br2N4. The van der Waals surface area contributed by atoms with E-state index in [-0.39, 0.29) is 0 Å². The average molecular weight is 408 g/mol. The molecule has 0 spiro atoms. The molecule has 1 aromatic carbocycles. The average Bonchev–Trinajstić information content (AvgIpc) is 2.46. The van der Waals surface area contributed by atoms with Gasteiger partial charge in [-0.2, -0.15) is 0 Å². The van der Waals surface area contributed by atoms with Crippen LogP contribution in [0.3, 0.4) is 0 Å². The maximum Gasteiger partial charge on any atom is 0.135 e. The first-order chi connectivity index (χ1) is 10.2. The van der Waals surface area contributed by atoms with Crippen LogP contribution in [-0.4, -0.2) is 15.0 Å². The van der Waals surface area contributed by atoms with E-state index >= 15 is 0 Å². The number of nitrogens with one attached hydrogen (secondary N) is 1. The third-order valence-electron chi connectivity index (χ3n) is 3.00. The second-order valence-electron chi connectivity index (χ2n) is 4.50. The van der Waals surface area contributed by atoms with E-state index in [2.05, 4.69) is 52.1 Å². The van der Waals surface area contributed by atoms with Gasteiger partial charge in [-0.3, -0.25) is 4.98 Å². The van der Waals surface area contributed by atoms with Crippen LogP contribution in [0.1, 0.15) is 12.7 Å². The standard InChI is InChI=1S/C15H12Br2N4/c1-2-13-20-12(17)7-14(21-13)19-11-5-3-4-9-6-10(16)8-18-15(9)11/h3-8H,2H2,1H3,(H,19,20,21). The highest BCUT2D eigenvalue weighted by atomic mass is 79.9. The fourth-order valence-corrected chi connectivity index (χ4v) is 2.83. The molecule has 0 saturated heterocycles. The molecular weight excluding hydrogens is 396 g/mol. The molecule has 3 rings (SSSR count). The van der Waals surface area contributed by atoms with Gasteiger partial charge in [-0.15, -0.1) is 0 Å². The third-order valence-corrected chi connectivity index (χ3v) is 3.84. The van der Waals surface area contributed by atoms with E-state index in [0.29, 0.717) is 0 Å². The lowest BCUT2D eigenvalue weighted by atomic mass is 10.2. The molecule has 2 aromatic heterocycles. The summed E-state index contributed by atoms with van der Waals surface area (Å²) < 4.78 is 1.73. The van der Waals surface area contributed by atoms with Crippen molar-refractivity contribution in [1.82, 2.24) is 15.0 Å². The van der Waals surface area contributed by atoms with Gasteiger partial charge in [0.2, 0.25) is 0 Å². The van der Waals surface area contributed by atoms with Gasteiger partial charge in [0, 0.05) is 28.5 Å². The number of para-hydroxylation sites is 1. The van der Waals surface area contributed by atoms with E-state index in [4.69, 9.17) is 0 Å². The van der Waals surface area contributed by atoms with Crippen molar-refractivity contribution < 1.29 is 0 Å². The number of hydrogen-bond acceptors (Lipinski definition) is 4. The van der Waals surface area contributed by atoms with Crippen LogP contribution in [0.4, 0.5) is 11.5 Å². The van der Waals surface area contributed by atoms with E-state index in [1.807, 2.05) is 37.3 Å². The minimum Gasteiger partial charge on any atom is -0.338 e. The number of rotatable bonds is 3. The Balaban J connectivity index is 2.04. The van der Waals surface area contributed by atoms with Crippen LogP contribution in [0.2, 0.25) is 0 Å². The third kappa shape index (κ3) is 3.22. The number of aryl methyl sites for hydroxylation is 1. The predicted molar refractivity (Wildman–Crippen MR) is 91.8 cm³/mol. The van der Waals surface area contributed by atoms with E-state index in [0.717, 1.165) is 43.7 Å². The normalized spacial score (nSPS) is 10.8. The highest BCUT2D eigenvalue weighted by Crippen LogP contribution is 2.26. The molecule has 0 aliphatic rings. The van der Waals surface area contributed by atoms with Gasteiger partial charge in [0.15, 0.2) is 0 Å². The Morgan fingerprint density at radius 3 is 2.81 bits per heavy atom. The summed E-state index contributed by atoms with van der Waals surface area (Å²) in [4.78, 5) is 13.3. The number of aromatic nitrogens is 3. The maximum atomic E-state index is 4.48. The van der Waals surface area contributed by atoms with Crippen molar-refractivity contribution in [2.45, 2.75) is 13.3 Å². The number of pyridine rings is 1. The van der Waals surface area contributed by atoms with Gasteiger partial charge in [-0.25, -0.2) is 9.97 Å². The summed E-state index contributed by atoms with van der Waals surface area (Å²) in [7, 11) is 0. The Labute approximate surface area is 139 Å². The summed E-state index contributed by atoms with van der Waals surface area (Å²) in [6.07, 6.45) is 2.58. The second kappa shape index (κ2) is 6.07. The van der Waals surface area contributed by atoms with Crippen molar-refractivity contribution in [3.05, 3.63) is 51.4 Å². The summed E-state index contributed by atoms with van der Waals surface area (Å²) >= 11 is 6.86. The Hall–Kier alpha value is -1.53. The minimum absolute atomic E-state index is 0.756. The molecule has 0 radical (unpaired) electrons. The summed E-state index contributed by atoms with van der Waals surface area (Å²) in [5.74, 6) is 1.55. The van der Waals surface area contributed by atoms with Crippen molar-refractivity contribution in [3.8, 4) is 0 Å². The monoisotopic (exact) mass is 406 g/mol. The lowest BCUT2D eigenvalue weighted by molar-refractivity contribution is 0.931.